The van der Waals surface area contributed by atoms with E-state index in [4.69, 9.17) is 10.5 Å². The van der Waals surface area contributed by atoms with E-state index in [1.165, 1.54) is 0 Å². The van der Waals surface area contributed by atoms with Crippen molar-refractivity contribution in [3.63, 3.8) is 0 Å². The van der Waals surface area contributed by atoms with Gasteiger partial charge in [0.15, 0.2) is 0 Å². The minimum absolute atomic E-state index is 0.185. The lowest BCUT2D eigenvalue weighted by molar-refractivity contribution is -0.200. The second kappa shape index (κ2) is 6.13. The molecule has 1 aromatic rings. The monoisotopic (exact) mass is 339 g/mol. The van der Waals surface area contributed by atoms with Crippen LogP contribution < -0.4 is 10.5 Å². The lowest BCUT2D eigenvalue weighted by Crippen LogP contribution is -2.48. The minimum atomic E-state index is -4.48. The zero-order valence-electron chi connectivity index (χ0n) is 11.0. The van der Waals surface area contributed by atoms with Gasteiger partial charge in [-0.2, -0.15) is 13.2 Å². The van der Waals surface area contributed by atoms with Crippen LogP contribution in [0, 0.1) is 13.8 Å². The number of benzene rings is 1. The molecule has 2 atom stereocenters. The molecule has 6 heteroatoms. The molecule has 0 amide bonds. The lowest BCUT2D eigenvalue weighted by Gasteiger charge is -2.26. The Balaban J connectivity index is 3.04. The van der Waals surface area contributed by atoms with Crippen LogP contribution in [0.3, 0.4) is 0 Å². The zero-order valence-corrected chi connectivity index (χ0v) is 12.6. The van der Waals surface area contributed by atoms with Crippen molar-refractivity contribution in [3.8, 4) is 5.75 Å². The van der Waals surface area contributed by atoms with Gasteiger partial charge in [0.25, 0.3) is 0 Å². The summed E-state index contributed by atoms with van der Waals surface area (Å²) in [4.78, 5) is 0. The zero-order chi connectivity index (χ0) is 14.8. The normalized spacial score (nSPS) is 15.2. The van der Waals surface area contributed by atoms with Crippen LogP contribution in [0.25, 0.3) is 0 Å². The van der Waals surface area contributed by atoms with E-state index in [0.717, 1.165) is 15.6 Å². The molecule has 0 heterocycles. The van der Waals surface area contributed by atoms with Gasteiger partial charge in [-0.3, -0.25) is 0 Å². The first-order chi connectivity index (χ1) is 8.66. The summed E-state index contributed by atoms with van der Waals surface area (Å²) in [5.74, 6) is 0.185. The Morgan fingerprint density at radius 1 is 1.26 bits per heavy atom. The third-order valence-corrected chi connectivity index (χ3v) is 4.11. The van der Waals surface area contributed by atoms with Crippen molar-refractivity contribution in [2.75, 3.05) is 0 Å². The average molecular weight is 340 g/mol. The Labute approximate surface area is 119 Å². The molecule has 2 unspecified atom stereocenters. The molecule has 0 aliphatic heterocycles. The smallest absolute Gasteiger partial charge is 0.426 e. The van der Waals surface area contributed by atoms with Gasteiger partial charge in [-0.25, -0.2) is 0 Å². The molecular weight excluding hydrogens is 323 g/mol. The van der Waals surface area contributed by atoms with E-state index in [2.05, 4.69) is 15.9 Å². The van der Waals surface area contributed by atoms with Gasteiger partial charge in [-0.15, -0.1) is 0 Å². The van der Waals surface area contributed by atoms with Crippen molar-refractivity contribution < 1.29 is 17.9 Å². The molecule has 0 saturated carbocycles. The minimum Gasteiger partial charge on any atom is -0.479 e. The molecule has 0 fully saturated rings. The quantitative estimate of drug-likeness (QED) is 0.895. The number of hydrogen-bond acceptors (Lipinski definition) is 2. The molecule has 0 radical (unpaired) electrons. The van der Waals surface area contributed by atoms with E-state index in [0.29, 0.717) is 0 Å². The maximum atomic E-state index is 12.9. The Morgan fingerprint density at radius 2 is 1.74 bits per heavy atom. The van der Waals surface area contributed by atoms with Gasteiger partial charge in [0, 0.05) is 4.47 Å². The van der Waals surface area contributed by atoms with Crippen molar-refractivity contribution >= 4 is 15.9 Å². The van der Waals surface area contributed by atoms with Crippen LogP contribution in [0.2, 0.25) is 0 Å². The van der Waals surface area contributed by atoms with Crippen LogP contribution in [-0.2, 0) is 0 Å². The molecular formula is C13H17BrF3NO. The first-order valence-electron chi connectivity index (χ1n) is 5.92. The van der Waals surface area contributed by atoms with Crippen LogP contribution in [0.5, 0.6) is 5.75 Å². The Hall–Kier alpha value is -0.750. The lowest BCUT2D eigenvalue weighted by atomic mass is 10.1. The first kappa shape index (κ1) is 16.3. The van der Waals surface area contributed by atoms with E-state index in [1.807, 2.05) is 0 Å². The highest BCUT2D eigenvalue weighted by molar-refractivity contribution is 9.10. The number of nitrogens with two attached hydrogens (primary N) is 1. The topological polar surface area (TPSA) is 35.2 Å². The molecule has 19 heavy (non-hydrogen) atoms. The van der Waals surface area contributed by atoms with Gasteiger partial charge in [0.05, 0.1) is 6.04 Å². The predicted molar refractivity (Wildman–Crippen MR) is 72.4 cm³/mol. The van der Waals surface area contributed by atoms with Crippen molar-refractivity contribution in [1.82, 2.24) is 0 Å². The van der Waals surface area contributed by atoms with Gasteiger partial charge in [0.1, 0.15) is 5.75 Å². The molecule has 0 spiro atoms. The molecule has 108 valence electrons. The molecule has 2 N–H and O–H groups in total. The number of rotatable bonds is 4. The number of halogens is 4. The fraction of sp³-hybridized carbons (Fsp3) is 0.538. The number of aryl methyl sites for hydroxylation is 2. The first-order valence-corrected chi connectivity index (χ1v) is 6.71. The van der Waals surface area contributed by atoms with E-state index in [-0.39, 0.29) is 12.2 Å². The maximum absolute atomic E-state index is 12.9. The van der Waals surface area contributed by atoms with Gasteiger partial charge >= 0.3 is 6.18 Å². The molecule has 0 aromatic heterocycles. The van der Waals surface area contributed by atoms with Gasteiger partial charge in [0.2, 0.25) is 6.10 Å². The van der Waals surface area contributed by atoms with Crippen molar-refractivity contribution in [2.24, 2.45) is 5.73 Å². The van der Waals surface area contributed by atoms with E-state index >= 15 is 0 Å². The molecule has 0 aliphatic rings. The predicted octanol–water partition coefficient (Wildman–Crippen LogP) is 4.11. The summed E-state index contributed by atoms with van der Waals surface area (Å²) in [7, 11) is 0. The number of ether oxygens (including phenoxy) is 1. The van der Waals surface area contributed by atoms with E-state index in [1.54, 1.807) is 32.9 Å². The van der Waals surface area contributed by atoms with Gasteiger partial charge in [-0.1, -0.05) is 22.9 Å². The molecule has 2 nitrogen and oxygen atoms in total. The third-order valence-electron chi connectivity index (χ3n) is 2.86. The highest BCUT2D eigenvalue weighted by Gasteiger charge is 2.45. The summed E-state index contributed by atoms with van der Waals surface area (Å²) in [5.41, 5.74) is 7.14. The Bertz CT molecular complexity index is 425. The fourth-order valence-electron chi connectivity index (χ4n) is 1.73. The molecule has 0 aliphatic carbocycles. The maximum Gasteiger partial charge on any atom is 0.426 e. The average Bonchev–Trinajstić information content (AvgIpc) is 2.30. The van der Waals surface area contributed by atoms with E-state index < -0.39 is 18.3 Å². The largest absolute Gasteiger partial charge is 0.479 e. The highest BCUT2D eigenvalue weighted by Crippen LogP contribution is 2.31. The van der Waals surface area contributed by atoms with Crippen LogP contribution in [0.1, 0.15) is 24.5 Å². The summed E-state index contributed by atoms with van der Waals surface area (Å²) in [5, 5.41) is 0. The van der Waals surface area contributed by atoms with Crippen LogP contribution in [0.15, 0.2) is 16.6 Å². The Morgan fingerprint density at radius 3 is 2.11 bits per heavy atom. The summed E-state index contributed by atoms with van der Waals surface area (Å²) in [6.07, 6.45) is -6.28. The number of hydrogen-bond donors (Lipinski definition) is 1. The van der Waals surface area contributed by atoms with Crippen molar-refractivity contribution in [2.45, 2.75) is 45.5 Å². The molecule has 0 bridgehead atoms. The summed E-state index contributed by atoms with van der Waals surface area (Å²) in [6, 6.07) is 2.06. The third kappa shape index (κ3) is 4.11. The number of alkyl halides is 3. The SMILES string of the molecule is CCC(N)C(Oc1cc(C)c(Br)c(C)c1)C(F)(F)F. The fourth-order valence-corrected chi connectivity index (χ4v) is 1.96. The van der Waals surface area contributed by atoms with Crippen LogP contribution in [0.4, 0.5) is 13.2 Å². The second-order valence-electron chi connectivity index (χ2n) is 4.52. The summed E-state index contributed by atoms with van der Waals surface area (Å²) >= 11 is 3.36. The van der Waals surface area contributed by atoms with Gasteiger partial charge < -0.3 is 10.5 Å². The molecule has 0 saturated heterocycles. The van der Waals surface area contributed by atoms with Crippen LogP contribution >= 0.6 is 15.9 Å². The Kier molecular flexibility index (Phi) is 5.26. The molecule has 1 aromatic carbocycles. The van der Waals surface area contributed by atoms with E-state index in [9.17, 15) is 13.2 Å². The summed E-state index contributed by atoms with van der Waals surface area (Å²) in [6.45, 7) is 5.20. The summed E-state index contributed by atoms with van der Waals surface area (Å²) < 4.78 is 44.7. The van der Waals surface area contributed by atoms with Gasteiger partial charge in [-0.05, 0) is 43.5 Å². The standard InChI is InChI=1S/C13H17BrF3NO/c1-4-10(18)12(13(15,16)17)19-9-5-7(2)11(14)8(3)6-9/h5-6,10,12H,4,18H2,1-3H3. The van der Waals surface area contributed by atoms with Crippen molar-refractivity contribution in [3.05, 3.63) is 27.7 Å². The molecule has 1 rings (SSSR count). The van der Waals surface area contributed by atoms with Crippen molar-refractivity contribution in [1.29, 1.82) is 0 Å². The second-order valence-corrected chi connectivity index (χ2v) is 5.32. The van der Waals surface area contributed by atoms with Crippen LogP contribution in [-0.4, -0.2) is 18.3 Å². The highest BCUT2D eigenvalue weighted by atomic mass is 79.9.